The molecule has 536 valence electrons. The SMILES string of the molecule is Cc1ccc(CCCC(C)[C@H]2CCC[C@@H](Oc3cccc(C)c3)C2)cc1.Cc1cccc(O[C@@H]2CCCC(C(C)CNCc3ccccc3)C2)c1.Cc1cccc(O[C@@H]2CCCC(C(C)CNc3ccncc3)C2)c1.Cc1cccc(O[C@@H]2CCC[C@H](C(C)CNCc3ccccc3)C2)c1. The lowest BCUT2D eigenvalue weighted by molar-refractivity contribution is 0.0996. The second kappa shape index (κ2) is 42.1. The third-order valence-electron chi connectivity index (χ3n) is 21.9. The normalized spacial score (nSPS) is 21.6. The third kappa shape index (κ3) is 27.9. The number of hydrogen-bond acceptors (Lipinski definition) is 8. The number of hydrogen-bond donors (Lipinski definition) is 3. The van der Waals surface area contributed by atoms with Gasteiger partial charge in [-0.3, -0.25) is 4.98 Å². The Bertz CT molecular complexity index is 3400. The highest BCUT2D eigenvalue weighted by molar-refractivity contribution is 5.41. The summed E-state index contributed by atoms with van der Waals surface area (Å²) in [4.78, 5) is 4.06. The van der Waals surface area contributed by atoms with Crippen LogP contribution in [0.25, 0.3) is 0 Å². The Hall–Kier alpha value is -7.39. The van der Waals surface area contributed by atoms with Crippen LogP contribution in [0.4, 0.5) is 5.69 Å². The summed E-state index contributed by atoms with van der Waals surface area (Å²) in [6.07, 6.45) is 29.0. The van der Waals surface area contributed by atoms with Gasteiger partial charge in [0, 0.05) is 37.7 Å². The first-order chi connectivity index (χ1) is 48.7. The van der Waals surface area contributed by atoms with E-state index in [0.717, 1.165) is 97.4 Å². The zero-order chi connectivity index (χ0) is 70.1. The molecule has 8 aromatic rings. The van der Waals surface area contributed by atoms with E-state index in [-0.39, 0.29) is 0 Å². The van der Waals surface area contributed by atoms with Crippen molar-refractivity contribution in [1.82, 2.24) is 15.6 Å². The van der Waals surface area contributed by atoms with Crippen molar-refractivity contribution in [3.05, 3.63) is 251 Å². The standard InChI is InChI=1S/C25H34O.2C23H31NO.C21H28N2O/c1-19-13-15-22(16-14-19)9-5-8-21(3)23-10-6-12-25(18-23)26-24-11-4-7-20(2)17-24;2*1-18-8-6-12-22(14-18)25-23-13-7-11-21(15-23)19(2)16-24-17-20-9-4-3-5-10-20;1-16-5-3-7-20(13-16)24-21-8-4-6-18(14-21)17(2)15-23-19-9-11-22-12-10-19/h4,7,11,13-17,21,23,25H,5-6,8-10,12,18H2,1-3H3;2*3-6,8-10,12,14,19,21,23-24H,7,11,13,15-17H2,1-2H3;3,5,7,9-13,17-18,21H,4,6,8,14-15H2,1-2H3,(H,22,23)/t21?,23-,25+;19?,21?,23-;19?,21-,23+;17?,18?,21-/m0101/s1. The van der Waals surface area contributed by atoms with E-state index in [4.69, 9.17) is 18.9 Å². The molecule has 0 bridgehead atoms. The number of nitrogens with zero attached hydrogens (tertiary/aromatic N) is 1. The van der Waals surface area contributed by atoms with E-state index in [1.807, 2.05) is 24.5 Å². The quantitative estimate of drug-likeness (QED) is 0.0470. The fourth-order valence-electron chi connectivity index (χ4n) is 15.7. The molecule has 12 rings (SSSR count). The molecule has 7 aromatic carbocycles. The van der Waals surface area contributed by atoms with Crippen LogP contribution in [0.3, 0.4) is 0 Å². The largest absolute Gasteiger partial charge is 0.490 e. The van der Waals surface area contributed by atoms with E-state index >= 15 is 0 Å². The molecule has 4 saturated carbocycles. The summed E-state index contributed by atoms with van der Waals surface area (Å²) in [5.41, 5.74) is 11.8. The summed E-state index contributed by atoms with van der Waals surface area (Å²) in [7, 11) is 0. The van der Waals surface area contributed by atoms with Gasteiger partial charge in [0.25, 0.3) is 0 Å². The molecule has 3 N–H and O–H groups in total. The third-order valence-corrected chi connectivity index (χ3v) is 21.9. The molecule has 0 amide bonds. The zero-order valence-corrected chi connectivity index (χ0v) is 62.6. The van der Waals surface area contributed by atoms with E-state index in [1.54, 1.807) is 0 Å². The molecular formula is C92H124N4O4. The van der Waals surface area contributed by atoms with E-state index in [9.17, 15) is 0 Å². The van der Waals surface area contributed by atoms with Gasteiger partial charge in [0.1, 0.15) is 23.0 Å². The van der Waals surface area contributed by atoms with Crippen LogP contribution >= 0.6 is 0 Å². The van der Waals surface area contributed by atoms with Crippen LogP contribution in [0, 0.1) is 82.0 Å². The van der Waals surface area contributed by atoms with Crippen molar-refractivity contribution in [1.29, 1.82) is 0 Å². The highest BCUT2D eigenvalue weighted by atomic mass is 16.5. The van der Waals surface area contributed by atoms with E-state index in [0.29, 0.717) is 42.2 Å². The molecule has 4 fully saturated rings. The Labute approximate surface area is 605 Å². The zero-order valence-electron chi connectivity index (χ0n) is 62.6. The van der Waals surface area contributed by atoms with E-state index < -0.39 is 0 Å². The summed E-state index contributed by atoms with van der Waals surface area (Å²) < 4.78 is 25.1. The fraction of sp³-hybridized carbons (Fsp3) is 0.489. The smallest absolute Gasteiger partial charge is 0.119 e. The minimum absolute atomic E-state index is 0.355. The predicted octanol–water partition coefficient (Wildman–Crippen LogP) is 22.7. The van der Waals surface area contributed by atoms with Gasteiger partial charge in [0.05, 0.1) is 24.4 Å². The molecule has 1 heterocycles. The van der Waals surface area contributed by atoms with Crippen molar-refractivity contribution >= 4 is 5.69 Å². The topological polar surface area (TPSA) is 85.9 Å². The molecule has 0 radical (unpaired) electrons. The molecule has 0 spiro atoms. The summed E-state index contributed by atoms with van der Waals surface area (Å²) in [6.45, 7) is 25.3. The molecule has 1 aromatic heterocycles. The number of anilines is 1. The molecule has 4 aliphatic carbocycles. The van der Waals surface area contributed by atoms with Gasteiger partial charge in [0.2, 0.25) is 0 Å². The fourth-order valence-corrected chi connectivity index (χ4v) is 15.7. The summed E-state index contributed by atoms with van der Waals surface area (Å²) in [6, 6.07) is 68.1. The molecule has 8 nitrogen and oxygen atoms in total. The number of rotatable bonds is 27. The van der Waals surface area contributed by atoms with Crippen LogP contribution in [0.5, 0.6) is 23.0 Å². The van der Waals surface area contributed by atoms with Crippen LogP contribution in [-0.2, 0) is 19.5 Å². The number of nitrogens with one attached hydrogen (secondary N) is 3. The lowest BCUT2D eigenvalue weighted by Crippen LogP contribution is -2.33. The molecule has 8 heteroatoms. The summed E-state index contributed by atoms with van der Waals surface area (Å²) >= 11 is 0. The van der Waals surface area contributed by atoms with Crippen LogP contribution in [-0.4, -0.2) is 49.0 Å². The second-order valence-electron chi connectivity index (χ2n) is 30.6. The number of pyridine rings is 1. The van der Waals surface area contributed by atoms with E-state index in [2.05, 4.69) is 265 Å². The van der Waals surface area contributed by atoms with Gasteiger partial charge in [-0.05, 0) is 310 Å². The highest BCUT2D eigenvalue weighted by Crippen LogP contribution is 2.38. The predicted molar refractivity (Wildman–Crippen MR) is 420 cm³/mol. The molecule has 0 aliphatic heterocycles. The van der Waals surface area contributed by atoms with Crippen molar-refractivity contribution in [3.8, 4) is 23.0 Å². The van der Waals surface area contributed by atoms with Gasteiger partial charge in [0.15, 0.2) is 0 Å². The minimum atomic E-state index is 0.355. The maximum atomic E-state index is 6.30. The van der Waals surface area contributed by atoms with Crippen LogP contribution < -0.4 is 34.9 Å². The maximum absolute atomic E-state index is 6.30. The van der Waals surface area contributed by atoms with Crippen molar-refractivity contribution in [3.63, 3.8) is 0 Å². The highest BCUT2D eigenvalue weighted by Gasteiger charge is 2.31. The molecule has 0 saturated heterocycles. The van der Waals surface area contributed by atoms with Gasteiger partial charge in [-0.1, -0.05) is 173 Å². The Morgan fingerprint density at radius 1 is 0.350 bits per heavy atom. The number of aromatic nitrogens is 1. The Balaban J connectivity index is 0.000000156. The van der Waals surface area contributed by atoms with Crippen LogP contribution in [0.2, 0.25) is 0 Å². The van der Waals surface area contributed by atoms with Crippen molar-refractivity contribution in [2.24, 2.45) is 47.3 Å². The van der Waals surface area contributed by atoms with Gasteiger partial charge < -0.3 is 34.9 Å². The van der Waals surface area contributed by atoms with Gasteiger partial charge in [-0.25, -0.2) is 0 Å². The molecule has 100 heavy (non-hydrogen) atoms. The van der Waals surface area contributed by atoms with Gasteiger partial charge in [-0.15, -0.1) is 0 Å². The Morgan fingerprint density at radius 3 is 1.06 bits per heavy atom. The van der Waals surface area contributed by atoms with Gasteiger partial charge in [-0.2, -0.15) is 0 Å². The summed E-state index contributed by atoms with van der Waals surface area (Å²) in [5, 5.41) is 10.8. The Morgan fingerprint density at radius 2 is 0.700 bits per heavy atom. The van der Waals surface area contributed by atoms with Crippen molar-refractivity contribution in [2.45, 2.75) is 222 Å². The van der Waals surface area contributed by atoms with E-state index in [1.165, 1.54) is 160 Å². The molecule has 12 atom stereocenters. The lowest BCUT2D eigenvalue weighted by Gasteiger charge is -2.33. The average Bonchev–Trinajstić information content (AvgIpc) is 0.933. The maximum Gasteiger partial charge on any atom is 0.119 e. The van der Waals surface area contributed by atoms with Gasteiger partial charge >= 0.3 is 0 Å². The number of benzene rings is 7. The first-order valence-corrected chi connectivity index (χ1v) is 38.8. The second-order valence-corrected chi connectivity index (χ2v) is 30.6. The van der Waals surface area contributed by atoms with Crippen LogP contribution in [0.15, 0.2) is 207 Å². The van der Waals surface area contributed by atoms with Crippen LogP contribution in [0.1, 0.15) is 188 Å². The molecule has 4 aliphatic rings. The summed E-state index contributed by atoms with van der Waals surface area (Å²) in [5.74, 6) is 9.98. The molecular weight excluding hydrogens is 1230 g/mol. The van der Waals surface area contributed by atoms with Crippen molar-refractivity contribution in [2.75, 3.05) is 25.0 Å². The first-order valence-electron chi connectivity index (χ1n) is 38.8. The van der Waals surface area contributed by atoms with Crippen molar-refractivity contribution < 1.29 is 18.9 Å². The average molecular weight is 1350 g/mol. The first kappa shape index (κ1) is 76.8. The number of aryl methyl sites for hydroxylation is 6. The molecule has 6 unspecified atom stereocenters. The lowest BCUT2D eigenvalue weighted by atomic mass is 9.77. The minimum Gasteiger partial charge on any atom is -0.490 e. The monoisotopic (exact) mass is 1350 g/mol. The number of ether oxygens (including phenoxy) is 4. The Kier molecular flexibility index (Phi) is 32.4.